The van der Waals surface area contributed by atoms with Crippen molar-refractivity contribution in [1.82, 2.24) is 9.88 Å². The molecule has 2 aromatic rings. The molecule has 0 radical (unpaired) electrons. The Morgan fingerprint density at radius 1 is 1.12 bits per heavy atom. The van der Waals surface area contributed by atoms with Gasteiger partial charge in [-0.3, -0.25) is 19.4 Å². The summed E-state index contributed by atoms with van der Waals surface area (Å²) in [6.07, 6.45) is 5.58. The van der Waals surface area contributed by atoms with Crippen LogP contribution in [0.3, 0.4) is 0 Å². The molecule has 0 spiro atoms. The predicted molar refractivity (Wildman–Crippen MR) is 132 cm³/mol. The minimum absolute atomic E-state index is 0.250. The van der Waals surface area contributed by atoms with Crippen LogP contribution in [0.15, 0.2) is 42.6 Å². The van der Waals surface area contributed by atoms with Gasteiger partial charge in [-0.15, -0.1) is 0 Å². The molecular weight excluding hydrogens is 452 g/mol. The average molecular weight is 485 g/mol. The van der Waals surface area contributed by atoms with Crippen molar-refractivity contribution in [3.8, 4) is 5.75 Å². The van der Waals surface area contributed by atoms with E-state index in [2.05, 4.69) is 18.0 Å². The number of pyridine rings is 1. The summed E-state index contributed by atoms with van der Waals surface area (Å²) in [6, 6.07) is 11.6. The first-order valence-electron chi connectivity index (χ1n) is 11.7. The molecule has 0 saturated carbocycles. The first-order chi connectivity index (χ1) is 16.4. The number of benzene rings is 1. The molecule has 1 fully saturated rings. The van der Waals surface area contributed by atoms with Gasteiger partial charge in [-0.25, -0.2) is 4.90 Å². The van der Waals surface area contributed by atoms with Crippen molar-refractivity contribution in [3.05, 3.63) is 59.4 Å². The van der Waals surface area contributed by atoms with E-state index < -0.39 is 5.25 Å². The second kappa shape index (κ2) is 12.6. The van der Waals surface area contributed by atoms with Crippen LogP contribution in [0.4, 0.5) is 4.79 Å². The van der Waals surface area contributed by atoms with Gasteiger partial charge in [0, 0.05) is 18.3 Å². The lowest BCUT2D eigenvalue weighted by atomic mass is 10.1. The van der Waals surface area contributed by atoms with E-state index in [1.54, 1.807) is 6.92 Å². The number of hydrogen-bond donors (Lipinski definition) is 0. The molecule has 3 rings (SSSR count). The molecule has 1 saturated heterocycles. The summed E-state index contributed by atoms with van der Waals surface area (Å²) < 4.78 is 11.0. The van der Waals surface area contributed by atoms with Crippen LogP contribution in [-0.2, 0) is 33.6 Å². The molecular formula is C26H32N2O5S. The monoisotopic (exact) mass is 484 g/mol. The highest BCUT2D eigenvalue weighted by atomic mass is 32.2. The van der Waals surface area contributed by atoms with Gasteiger partial charge >= 0.3 is 5.97 Å². The number of esters is 1. The van der Waals surface area contributed by atoms with Crippen molar-refractivity contribution < 1.29 is 23.9 Å². The topological polar surface area (TPSA) is 85.8 Å². The number of aromatic nitrogens is 1. The SMILES string of the molecule is CCCC(C)C(=O)OCN1C(=O)SC(Cc2ccc(OCCc3ccc(CC)cn3)cc2)C1=O. The number of aryl methyl sites for hydroxylation is 1. The van der Waals surface area contributed by atoms with Gasteiger partial charge in [0.15, 0.2) is 6.73 Å². The Bertz CT molecular complexity index is 978. The predicted octanol–water partition coefficient (Wildman–Crippen LogP) is 4.81. The van der Waals surface area contributed by atoms with Gasteiger partial charge in [-0.1, -0.05) is 57.2 Å². The minimum Gasteiger partial charge on any atom is -0.493 e. The van der Waals surface area contributed by atoms with Crippen LogP contribution in [0.5, 0.6) is 5.75 Å². The lowest BCUT2D eigenvalue weighted by Crippen LogP contribution is -2.35. The Labute approximate surface area is 205 Å². The summed E-state index contributed by atoms with van der Waals surface area (Å²) in [5, 5.41) is -0.908. The summed E-state index contributed by atoms with van der Waals surface area (Å²) in [7, 11) is 0. The van der Waals surface area contributed by atoms with E-state index >= 15 is 0 Å². The quantitative estimate of drug-likeness (QED) is 0.400. The van der Waals surface area contributed by atoms with Crippen LogP contribution < -0.4 is 4.74 Å². The maximum Gasteiger partial charge on any atom is 0.310 e. The molecule has 182 valence electrons. The van der Waals surface area contributed by atoms with Crippen LogP contribution in [-0.4, -0.2) is 45.6 Å². The maximum absolute atomic E-state index is 12.7. The van der Waals surface area contributed by atoms with Crippen molar-refractivity contribution in [2.45, 2.75) is 58.1 Å². The van der Waals surface area contributed by atoms with Crippen LogP contribution in [0.1, 0.15) is 50.4 Å². The first-order valence-corrected chi connectivity index (χ1v) is 12.6. The lowest BCUT2D eigenvalue weighted by molar-refractivity contribution is -0.153. The third-order valence-corrected chi connectivity index (χ3v) is 6.81. The molecule has 7 nitrogen and oxygen atoms in total. The fraction of sp³-hybridized carbons (Fsp3) is 0.462. The number of imide groups is 1. The Morgan fingerprint density at radius 2 is 1.85 bits per heavy atom. The summed E-state index contributed by atoms with van der Waals surface area (Å²) in [5.74, 6) is -0.224. The number of rotatable bonds is 12. The zero-order valence-corrected chi connectivity index (χ0v) is 20.8. The van der Waals surface area contributed by atoms with Crippen LogP contribution in [0, 0.1) is 5.92 Å². The zero-order valence-electron chi connectivity index (χ0n) is 20.0. The van der Waals surface area contributed by atoms with E-state index in [-0.39, 0.29) is 29.8 Å². The maximum atomic E-state index is 12.7. The molecule has 34 heavy (non-hydrogen) atoms. The van der Waals surface area contributed by atoms with Crippen molar-refractivity contribution in [1.29, 1.82) is 0 Å². The van der Waals surface area contributed by atoms with Gasteiger partial charge in [0.05, 0.1) is 17.8 Å². The van der Waals surface area contributed by atoms with Crippen LogP contribution in [0.2, 0.25) is 0 Å². The second-order valence-electron chi connectivity index (χ2n) is 8.38. The molecule has 2 unspecified atom stereocenters. The van der Waals surface area contributed by atoms with E-state index in [4.69, 9.17) is 9.47 Å². The van der Waals surface area contributed by atoms with Gasteiger partial charge < -0.3 is 9.47 Å². The molecule has 2 amide bonds. The lowest BCUT2D eigenvalue weighted by Gasteiger charge is -2.16. The second-order valence-corrected chi connectivity index (χ2v) is 9.53. The largest absolute Gasteiger partial charge is 0.493 e. The molecule has 0 N–H and O–H groups in total. The van der Waals surface area contributed by atoms with Crippen molar-refractivity contribution in [2.24, 2.45) is 5.92 Å². The average Bonchev–Trinajstić information content (AvgIpc) is 3.11. The van der Waals surface area contributed by atoms with E-state index in [1.165, 1.54) is 5.56 Å². The Balaban J connectivity index is 1.45. The number of carbonyl (C=O) groups excluding carboxylic acids is 3. The minimum atomic E-state index is -0.525. The van der Waals surface area contributed by atoms with Gasteiger partial charge in [0.25, 0.3) is 5.24 Å². The van der Waals surface area contributed by atoms with Crippen LogP contribution >= 0.6 is 11.8 Å². The number of thioether (sulfide) groups is 1. The molecule has 8 heteroatoms. The van der Waals surface area contributed by atoms with E-state index in [0.717, 1.165) is 52.9 Å². The Hall–Kier alpha value is -2.87. The van der Waals surface area contributed by atoms with Crippen molar-refractivity contribution in [2.75, 3.05) is 13.3 Å². The highest BCUT2D eigenvalue weighted by Gasteiger charge is 2.40. The first kappa shape index (κ1) is 25.7. The molecule has 1 aromatic carbocycles. The third-order valence-electron chi connectivity index (χ3n) is 5.73. The summed E-state index contributed by atoms with van der Waals surface area (Å²) in [4.78, 5) is 42.4. The summed E-state index contributed by atoms with van der Waals surface area (Å²) >= 11 is 0.973. The summed E-state index contributed by atoms with van der Waals surface area (Å²) in [6.45, 7) is 6.07. The molecule has 0 bridgehead atoms. The summed E-state index contributed by atoms with van der Waals surface area (Å²) in [5.41, 5.74) is 3.13. The Kier molecular flexibility index (Phi) is 9.51. The highest BCUT2D eigenvalue weighted by Crippen LogP contribution is 2.30. The third kappa shape index (κ3) is 7.06. The molecule has 0 aliphatic carbocycles. The molecule has 2 atom stereocenters. The smallest absolute Gasteiger partial charge is 0.310 e. The standard InChI is InChI=1S/C26H32N2O5S/c1-4-6-18(3)25(30)33-17-28-24(29)23(34-26(28)31)15-20-8-11-22(12-9-20)32-14-13-21-10-7-19(5-2)16-27-21/h7-12,16,18,23H,4-6,13-15,17H2,1-3H3. The van der Waals surface area contributed by atoms with Gasteiger partial charge in [-0.05, 0) is 48.6 Å². The molecule has 1 aliphatic heterocycles. The van der Waals surface area contributed by atoms with Gasteiger partial charge in [0.2, 0.25) is 5.91 Å². The molecule has 1 aliphatic rings. The Morgan fingerprint density at radius 3 is 2.50 bits per heavy atom. The molecule has 1 aromatic heterocycles. The molecule has 2 heterocycles. The zero-order chi connectivity index (χ0) is 24.5. The number of amides is 2. The number of nitrogens with zero attached hydrogens (tertiary/aromatic N) is 2. The number of hydrogen-bond acceptors (Lipinski definition) is 7. The highest BCUT2D eigenvalue weighted by molar-refractivity contribution is 8.15. The normalized spacial score (nSPS) is 16.6. The van der Waals surface area contributed by atoms with Crippen molar-refractivity contribution in [3.63, 3.8) is 0 Å². The fourth-order valence-corrected chi connectivity index (χ4v) is 4.60. The van der Waals surface area contributed by atoms with Crippen molar-refractivity contribution >= 4 is 28.9 Å². The van der Waals surface area contributed by atoms with Gasteiger partial charge in [-0.2, -0.15) is 0 Å². The fourth-order valence-electron chi connectivity index (χ4n) is 3.59. The van der Waals surface area contributed by atoms with Crippen LogP contribution in [0.25, 0.3) is 0 Å². The number of ether oxygens (including phenoxy) is 2. The van der Waals surface area contributed by atoms with E-state index in [0.29, 0.717) is 19.4 Å². The van der Waals surface area contributed by atoms with E-state index in [9.17, 15) is 14.4 Å². The van der Waals surface area contributed by atoms with Gasteiger partial charge in [0.1, 0.15) is 5.75 Å². The number of carbonyl (C=O) groups is 3. The van der Waals surface area contributed by atoms with E-state index in [1.807, 2.05) is 43.5 Å².